The van der Waals surface area contributed by atoms with Crippen LogP contribution in [-0.2, 0) is 9.59 Å². The van der Waals surface area contributed by atoms with Crippen LogP contribution in [0.25, 0.3) is 10.3 Å². The van der Waals surface area contributed by atoms with Gasteiger partial charge in [-0.25, -0.2) is 4.98 Å². The zero-order chi connectivity index (χ0) is 23.7. The lowest BCUT2D eigenvalue weighted by atomic mass is 9.97. The summed E-state index contributed by atoms with van der Waals surface area (Å²) in [6.07, 6.45) is 2.01. The van der Waals surface area contributed by atoms with Gasteiger partial charge in [0.15, 0.2) is 10.6 Å². The standard InChI is InChI=1S/C23H27N7O3S/c1-13-8-15(5-6-17(13)33-2)26-20-19-22(34-12-25-19)29-23(28-20)30-7-3-4-14(11-30)21(32)27-16-9-18(31)24-10-16/h5-6,8,12,14,16H,3-4,7,9-11H2,1-2H3,(H,24,31)(H,27,32)(H,26,28,29). The van der Waals surface area contributed by atoms with Crippen molar-refractivity contribution in [2.75, 3.05) is 37.0 Å². The average Bonchev–Trinajstić information content (AvgIpc) is 3.48. The lowest BCUT2D eigenvalue weighted by molar-refractivity contribution is -0.125. The number of rotatable bonds is 6. The van der Waals surface area contributed by atoms with Crippen molar-refractivity contribution in [3.05, 3.63) is 29.3 Å². The molecule has 1 aromatic carbocycles. The molecule has 3 N–H and O–H groups in total. The molecule has 0 bridgehead atoms. The minimum absolute atomic E-state index is 0.0166. The first-order valence-electron chi connectivity index (χ1n) is 11.3. The van der Waals surface area contributed by atoms with Gasteiger partial charge in [-0.05, 0) is 43.5 Å². The third kappa shape index (κ3) is 4.60. The van der Waals surface area contributed by atoms with Crippen molar-refractivity contribution < 1.29 is 14.3 Å². The van der Waals surface area contributed by atoms with Crippen LogP contribution in [0.5, 0.6) is 5.75 Å². The third-order valence-corrected chi connectivity index (χ3v) is 6.96. The van der Waals surface area contributed by atoms with Crippen LogP contribution in [0.15, 0.2) is 23.7 Å². The van der Waals surface area contributed by atoms with E-state index in [1.165, 1.54) is 11.3 Å². The number of nitrogens with zero attached hydrogens (tertiary/aromatic N) is 4. The lowest BCUT2D eigenvalue weighted by Gasteiger charge is -2.32. The fourth-order valence-electron chi connectivity index (χ4n) is 4.47. The number of hydrogen-bond donors (Lipinski definition) is 3. The number of benzene rings is 1. The number of hydrogen-bond acceptors (Lipinski definition) is 9. The maximum absolute atomic E-state index is 12.9. The summed E-state index contributed by atoms with van der Waals surface area (Å²) in [6.45, 7) is 3.79. The molecule has 2 unspecified atom stereocenters. The molecule has 0 aliphatic carbocycles. The second-order valence-corrected chi connectivity index (χ2v) is 9.52. The van der Waals surface area contributed by atoms with Gasteiger partial charge in [-0.1, -0.05) is 0 Å². The molecule has 0 radical (unpaired) electrons. The number of nitrogens with one attached hydrogen (secondary N) is 3. The first kappa shape index (κ1) is 22.3. The van der Waals surface area contributed by atoms with E-state index in [9.17, 15) is 9.59 Å². The summed E-state index contributed by atoms with van der Waals surface area (Å²) in [7, 11) is 1.65. The van der Waals surface area contributed by atoms with Gasteiger partial charge in [-0.3, -0.25) is 9.59 Å². The third-order valence-electron chi connectivity index (χ3n) is 6.24. The van der Waals surface area contributed by atoms with E-state index in [0.717, 1.165) is 41.2 Å². The largest absolute Gasteiger partial charge is 0.496 e. The van der Waals surface area contributed by atoms with Gasteiger partial charge in [0.25, 0.3) is 0 Å². The number of carbonyl (C=O) groups is 2. The van der Waals surface area contributed by atoms with Crippen LogP contribution in [0.1, 0.15) is 24.8 Å². The van der Waals surface area contributed by atoms with Gasteiger partial charge >= 0.3 is 0 Å². The van der Waals surface area contributed by atoms with Crippen LogP contribution in [0.4, 0.5) is 17.5 Å². The predicted molar refractivity (Wildman–Crippen MR) is 131 cm³/mol. The van der Waals surface area contributed by atoms with Crippen LogP contribution in [0.3, 0.4) is 0 Å². The number of anilines is 3. The van der Waals surface area contributed by atoms with Crippen LogP contribution >= 0.6 is 11.3 Å². The molecule has 2 fully saturated rings. The van der Waals surface area contributed by atoms with E-state index >= 15 is 0 Å². The molecule has 3 aromatic rings. The van der Waals surface area contributed by atoms with Gasteiger partial charge in [-0.2, -0.15) is 9.97 Å². The first-order chi connectivity index (χ1) is 16.5. The minimum Gasteiger partial charge on any atom is -0.496 e. The highest BCUT2D eigenvalue weighted by Gasteiger charge is 2.31. The van der Waals surface area contributed by atoms with E-state index < -0.39 is 0 Å². The van der Waals surface area contributed by atoms with Crippen molar-refractivity contribution in [3.8, 4) is 5.75 Å². The monoisotopic (exact) mass is 481 g/mol. The van der Waals surface area contributed by atoms with Gasteiger partial charge in [-0.15, -0.1) is 11.3 Å². The number of aromatic nitrogens is 3. The van der Waals surface area contributed by atoms with E-state index in [1.807, 2.05) is 25.1 Å². The zero-order valence-electron chi connectivity index (χ0n) is 19.1. The summed E-state index contributed by atoms with van der Waals surface area (Å²) in [5.41, 5.74) is 4.37. The molecule has 34 heavy (non-hydrogen) atoms. The van der Waals surface area contributed by atoms with Gasteiger partial charge in [0.2, 0.25) is 17.8 Å². The smallest absolute Gasteiger partial charge is 0.228 e. The molecule has 4 heterocycles. The van der Waals surface area contributed by atoms with E-state index in [1.54, 1.807) is 12.6 Å². The Morgan fingerprint density at radius 2 is 2.21 bits per heavy atom. The first-order valence-corrected chi connectivity index (χ1v) is 12.2. The Morgan fingerprint density at radius 1 is 1.32 bits per heavy atom. The number of thiazole rings is 1. The number of methoxy groups -OCH3 is 1. The number of carbonyl (C=O) groups excluding carboxylic acids is 2. The second-order valence-electron chi connectivity index (χ2n) is 8.69. The summed E-state index contributed by atoms with van der Waals surface area (Å²) in [4.78, 5) is 41.1. The SMILES string of the molecule is COc1ccc(Nc2nc(N3CCCC(C(=O)NC4CNC(=O)C4)C3)nc3scnc23)cc1C. The molecule has 178 valence electrons. The highest BCUT2D eigenvalue weighted by Crippen LogP contribution is 2.31. The lowest BCUT2D eigenvalue weighted by Crippen LogP contribution is -2.47. The van der Waals surface area contributed by atoms with Gasteiger partial charge in [0.05, 0.1) is 24.6 Å². The van der Waals surface area contributed by atoms with Crippen LogP contribution in [-0.4, -0.2) is 59.6 Å². The van der Waals surface area contributed by atoms with Crippen molar-refractivity contribution in [1.29, 1.82) is 0 Å². The molecule has 2 aliphatic heterocycles. The molecule has 2 amide bonds. The summed E-state index contributed by atoms with van der Waals surface area (Å²) in [5.74, 6) is 1.83. The van der Waals surface area contributed by atoms with E-state index in [0.29, 0.717) is 36.8 Å². The zero-order valence-corrected chi connectivity index (χ0v) is 19.9. The quantitative estimate of drug-likeness (QED) is 0.491. The molecule has 0 spiro atoms. The maximum atomic E-state index is 12.9. The van der Waals surface area contributed by atoms with Gasteiger partial charge in [0, 0.05) is 31.7 Å². The van der Waals surface area contributed by atoms with Crippen molar-refractivity contribution >= 4 is 51.0 Å². The summed E-state index contributed by atoms with van der Waals surface area (Å²) < 4.78 is 5.36. The number of fused-ring (bicyclic) bond motifs is 1. The van der Waals surface area contributed by atoms with Gasteiger partial charge < -0.3 is 25.6 Å². The van der Waals surface area contributed by atoms with E-state index in [2.05, 4.69) is 25.8 Å². The molecule has 2 aromatic heterocycles. The molecule has 2 atom stereocenters. The Balaban J connectivity index is 1.35. The van der Waals surface area contributed by atoms with Crippen molar-refractivity contribution in [2.45, 2.75) is 32.2 Å². The van der Waals surface area contributed by atoms with Gasteiger partial charge in [0.1, 0.15) is 11.3 Å². The van der Waals surface area contributed by atoms with Crippen molar-refractivity contribution in [3.63, 3.8) is 0 Å². The minimum atomic E-state index is -0.175. The normalized spacial score (nSPS) is 20.3. The Hall–Kier alpha value is -3.47. The summed E-state index contributed by atoms with van der Waals surface area (Å²) in [5, 5.41) is 9.16. The predicted octanol–water partition coefficient (Wildman–Crippen LogP) is 2.37. The molecule has 10 nitrogen and oxygen atoms in total. The van der Waals surface area contributed by atoms with Crippen LogP contribution in [0, 0.1) is 12.8 Å². The molecule has 2 aliphatic rings. The Kier molecular flexibility index (Phi) is 6.18. The molecular formula is C23H27N7O3S. The van der Waals surface area contributed by atoms with E-state index in [4.69, 9.17) is 14.7 Å². The highest BCUT2D eigenvalue weighted by atomic mass is 32.1. The maximum Gasteiger partial charge on any atom is 0.228 e. The Labute approximate surface area is 201 Å². The fraction of sp³-hybridized carbons (Fsp3) is 0.435. The Morgan fingerprint density at radius 3 is 2.97 bits per heavy atom. The van der Waals surface area contributed by atoms with Crippen LogP contribution < -0.4 is 25.6 Å². The van der Waals surface area contributed by atoms with E-state index in [-0.39, 0.29) is 23.8 Å². The molecule has 0 saturated carbocycles. The molecule has 11 heteroatoms. The number of piperidine rings is 1. The van der Waals surface area contributed by atoms with Crippen molar-refractivity contribution in [1.82, 2.24) is 25.6 Å². The number of aryl methyl sites for hydroxylation is 1. The average molecular weight is 482 g/mol. The molecular weight excluding hydrogens is 454 g/mol. The van der Waals surface area contributed by atoms with Crippen LogP contribution in [0.2, 0.25) is 0 Å². The molecule has 2 saturated heterocycles. The van der Waals surface area contributed by atoms with Crippen molar-refractivity contribution in [2.24, 2.45) is 5.92 Å². The topological polar surface area (TPSA) is 121 Å². The second kappa shape index (κ2) is 9.41. The summed E-state index contributed by atoms with van der Waals surface area (Å²) >= 11 is 1.46. The number of ether oxygens (including phenoxy) is 1. The summed E-state index contributed by atoms with van der Waals surface area (Å²) in [6, 6.07) is 5.72. The highest BCUT2D eigenvalue weighted by molar-refractivity contribution is 7.16. The molecule has 5 rings (SSSR count). The fourth-order valence-corrected chi connectivity index (χ4v) is 5.12. The Bertz CT molecular complexity index is 1230. The number of amides is 2.